The smallest absolute Gasteiger partial charge is 0.383 e. The molecule has 0 unspecified atom stereocenters. The number of carbonyl (C=O) groups excluding carboxylic acids is 2. The number of aromatic nitrogens is 3. The van der Waals surface area contributed by atoms with E-state index in [1.54, 1.807) is 49.6 Å². The van der Waals surface area contributed by atoms with E-state index in [1.165, 1.54) is 26.2 Å². The Morgan fingerprint density at radius 3 is 2.11 bits per heavy atom. The maximum atomic E-state index is 15.4. The van der Waals surface area contributed by atoms with Gasteiger partial charge >= 0.3 is 6.18 Å². The number of rotatable bonds is 19. The van der Waals surface area contributed by atoms with Crippen LogP contribution in [-0.2, 0) is 31.9 Å². The fourth-order valence-electron chi connectivity index (χ4n) is 5.63. The van der Waals surface area contributed by atoms with E-state index >= 15 is 8.78 Å². The van der Waals surface area contributed by atoms with E-state index in [0.29, 0.717) is 17.0 Å². The molecular weight excluding hydrogens is 768 g/mol. The van der Waals surface area contributed by atoms with Gasteiger partial charge in [-0.2, -0.15) is 13.2 Å². The zero-order valence-corrected chi connectivity index (χ0v) is 34.4. The van der Waals surface area contributed by atoms with Gasteiger partial charge < -0.3 is 24.1 Å². The minimum absolute atomic E-state index is 0.0594. The Hall–Kier alpha value is -3.20. The van der Waals surface area contributed by atoms with Crippen molar-refractivity contribution in [3.63, 3.8) is 0 Å². The first-order valence-corrected chi connectivity index (χ1v) is 22.7. The highest BCUT2D eigenvalue weighted by atomic mass is 32.2. The van der Waals surface area contributed by atoms with E-state index in [1.807, 2.05) is 0 Å². The van der Waals surface area contributed by atoms with Crippen molar-refractivity contribution in [3.05, 3.63) is 59.0 Å². The van der Waals surface area contributed by atoms with Crippen molar-refractivity contribution in [3.8, 4) is 0 Å². The number of benzene rings is 1. The summed E-state index contributed by atoms with van der Waals surface area (Å²) in [5, 5.41) is 2.74. The number of methoxy groups -OCH3 is 1. The molecule has 2 aromatic heterocycles. The van der Waals surface area contributed by atoms with Gasteiger partial charge in [0.1, 0.15) is 18.6 Å². The predicted octanol–water partition coefficient (Wildman–Crippen LogP) is 6.40. The van der Waals surface area contributed by atoms with Gasteiger partial charge in [0, 0.05) is 21.8 Å². The van der Waals surface area contributed by atoms with Gasteiger partial charge in [-0.3, -0.25) is 14.5 Å². The minimum Gasteiger partial charge on any atom is -0.383 e. The number of nitrogens with zero attached hydrogens (tertiary/aromatic N) is 4. The van der Waals surface area contributed by atoms with Gasteiger partial charge in [0.25, 0.3) is 17.7 Å². The molecule has 5 atom stereocenters. The summed E-state index contributed by atoms with van der Waals surface area (Å²) in [6.45, 7) is 12.1. The van der Waals surface area contributed by atoms with Crippen LogP contribution in [0.2, 0.25) is 25.7 Å². The normalized spacial score (nSPS) is 17.1. The summed E-state index contributed by atoms with van der Waals surface area (Å²) in [5.74, 6) is -5.00. The molecule has 55 heavy (non-hydrogen) atoms. The van der Waals surface area contributed by atoms with Gasteiger partial charge in [0.15, 0.2) is 11.8 Å². The summed E-state index contributed by atoms with van der Waals surface area (Å²) in [7, 11) is -1.90. The number of imide groups is 1. The molecule has 0 fully saturated rings. The minimum atomic E-state index is -4.66. The van der Waals surface area contributed by atoms with E-state index in [4.69, 9.17) is 19.2 Å². The molecule has 19 heteroatoms. The number of fused-ring (bicyclic) bond motifs is 2. The van der Waals surface area contributed by atoms with Crippen molar-refractivity contribution in [1.82, 2.24) is 29.5 Å². The number of imidazole rings is 1. The van der Waals surface area contributed by atoms with E-state index in [9.17, 15) is 27.0 Å². The Kier molecular flexibility index (Phi) is 14.2. The Morgan fingerprint density at radius 1 is 0.945 bits per heavy atom. The van der Waals surface area contributed by atoms with E-state index in [0.717, 1.165) is 13.0 Å². The second-order valence-corrected chi connectivity index (χ2v) is 23.4. The summed E-state index contributed by atoms with van der Waals surface area (Å²) in [6.07, 6.45) is -8.02. The zero-order valence-electron chi connectivity index (χ0n) is 32.6. The molecule has 3 heterocycles. The Morgan fingerprint density at radius 2 is 1.56 bits per heavy atom. The number of carbonyl (C=O) groups is 2. The van der Waals surface area contributed by atoms with Crippen LogP contribution in [0.15, 0.2) is 36.4 Å². The highest BCUT2D eigenvalue weighted by Gasteiger charge is 2.43. The number of hydrogen-bond acceptors (Lipinski definition) is 9. The van der Waals surface area contributed by atoms with Gasteiger partial charge in [0.2, 0.25) is 0 Å². The molecule has 0 bridgehead atoms. The molecule has 4 rings (SSSR count). The lowest BCUT2D eigenvalue weighted by molar-refractivity contribution is -0.227. The Balaban J connectivity index is 1.67. The molecule has 2 N–H and O–H groups in total. The van der Waals surface area contributed by atoms with Gasteiger partial charge in [-0.1, -0.05) is 31.8 Å². The van der Waals surface area contributed by atoms with Crippen LogP contribution in [0.4, 0.5) is 22.0 Å². The largest absolute Gasteiger partial charge is 0.414 e. The summed E-state index contributed by atoms with van der Waals surface area (Å²) in [6, 6.07) is 7.90. The highest BCUT2D eigenvalue weighted by molar-refractivity contribution is 7.84. The van der Waals surface area contributed by atoms with Gasteiger partial charge in [-0.25, -0.2) is 27.7 Å². The van der Waals surface area contributed by atoms with E-state index < -0.39 is 85.1 Å². The van der Waals surface area contributed by atoms with Crippen LogP contribution >= 0.6 is 0 Å². The molecular formula is C36H51F5N6O6SSi. The lowest BCUT2D eigenvalue weighted by atomic mass is 10.1. The number of ether oxygens (including phenoxy) is 3. The van der Waals surface area contributed by atoms with Gasteiger partial charge in [-0.05, 0) is 64.9 Å². The average Bonchev–Trinajstić information content (AvgIpc) is 3.55. The van der Waals surface area contributed by atoms with Gasteiger partial charge in [0.05, 0.1) is 69.9 Å². The van der Waals surface area contributed by atoms with Crippen LogP contribution in [0, 0.1) is 0 Å². The van der Waals surface area contributed by atoms with Crippen LogP contribution in [0.25, 0.3) is 11.2 Å². The molecule has 0 saturated heterocycles. The molecule has 306 valence electrons. The molecule has 0 aliphatic carbocycles. The number of halogens is 5. The molecule has 2 amide bonds. The third-order valence-corrected chi connectivity index (χ3v) is 12.1. The second-order valence-electron chi connectivity index (χ2n) is 15.8. The third kappa shape index (κ3) is 11.4. The molecule has 0 spiro atoms. The Labute approximate surface area is 321 Å². The summed E-state index contributed by atoms with van der Waals surface area (Å²) < 4.78 is 106. The lowest BCUT2D eigenvalue weighted by Gasteiger charge is -2.30. The average molecular weight is 819 g/mol. The number of nitrogens with one attached hydrogen (secondary N) is 2. The lowest BCUT2D eigenvalue weighted by Crippen LogP contribution is -2.46. The molecule has 12 nitrogen and oxygen atoms in total. The molecule has 1 aliphatic heterocycles. The first kappa shape index (κ1) is 44.5. The topological polar surface area (TPSA) is 137 Å². The molecule has 3 aromatic rings. The van der Waals surface area contributed by atoms with Crippen LogP contribution in [0.3, 0.4) is 0 Å². The Bertz CT molecular complexity index is 1810. The summed E-state index contributed by atoms with van der Waals surface area (Å²) in [5.41, 5.74) is 0.905. The predicted molar refractivity (Wildman–Crippen MR) is 201 cm³/mol. The van der Waals surface area contributed by atoms with Gasteiger partial charge in [-0.15, -0.1) is 0 Å². The van der Waals surface area contributed by atoms with Crippen LogP contribution in [0.5, 0.6) is 0 Å². The fraction of sp³-hybridized carbons (Fsp3) is 0.611. The van der Waals surface area contributed by atoms with Crippen molar-refractivity contribution < 1.29 is 50.0 Å². The number of hydrogen-bond donors (Lipinski definition) is 2. The zero-order chi connectivity index (χ0) is 41.1. The maximum absolute atomic E-state index is 15.4. The van der Waals surface area contributed by atoms with E-state index in [-0.39, 0.29) is 41.6 Å². The van der Waals surface area contributed by atoms with Crippen molar-refractivity contribution in [1.29, 1.82) is 0 Å². The van der Waals surface area contributed by atoms with Crippen molar-refractivity contribution in [2.45, 2.75) is 108 Å². The van der Waals surface area contributed by atoms with Crippen molar-refractivity contribution in [2.24, 2.45) is 0 Å². The van der Waals surface area contributed by atoms with Crippen molar-refractivity contribution in [2.75, 3.05) is 33.4 Å². The molecule has 0 radical (unpaired) electrons. The second kappa shape index (κ2) is 17.5. The monoisotopic (exact) mass is 818 g/mol. The molecule has 1 aromatic carbocycles. The van der Waals surface area contributed by atoms with Crippen LogP contribution < -0.4 is 10.0 Å². The van der Waals surface area contributed by atoms with E-state index in [2.05, 4.69) is 34.7 Å². The maximum Gasteiger partial charge on any atom is 0.414 e. The van der Waals surface area contributed by atoms with Crippen LogP contribution in [-0.4, -0.2) is 106 Å². The first-order chi connectivity index (χ1) is 25.4. The standard InChI is InChI=1S/C36H51F5N6O6SSi/c1-22(53-23(2)36(39,40)41)29(45-54(50)34(3,4)5)31-44-30-28(47(31)21-52-16-17-55(7,8)9)15-14-26(43-30)27(18-51-6)42-19-35(37,38)20-46-32(48)24-12-10-11-13-25(24)33(46)49/h10-15,22-23,27,29,42,45H,16-21H2,1-9H3/t22-,23-,27-,29+,54-/m1/s1. The number of pyridine rings is 1. The first-order valence-electron chi connectivity index (χ1n) is 17.8. The number of amides is 2. The fourth-order valence-corrected chi connectivity index (χ4v) is 7.27. The SMILES string of the molecule is COC[C@@H](NCC(F)(F)CN1C(=O)c2ccccc2C1=O)c1ccc2c(n1)nc([C@@H](N[S@](=O)C(C)(C)C)[C@@H](C)O[C@H](C)C(F)(F)F)n2COCC[Si](C)(C)C. The number of alkyl halides is 5. The summed E-state index contributed by atoms with van der Waals surface area (Å²) in [4.78, 5) is 35.4. The highest BCUT2D eigenvalue weighted by Crippen LogP contribution is 2.31. The molecule has 0 saturated carbocycles. The summed E-state index contributed by atoms with van der Waals surface area (Å²) >= 11 is 0. The van der Waals surface area contributed by atoms with Crippen LogP contribution in [0.1, 0.15) is 78.9 Å². The third-order valence-electron chi connectivity index (χ3n) is 8.86. The molecule has 1 aliphatic rings. The quantitative estimate of drug-likeness (QED) is 0.0610. The van der Waals surface area contributed by atoms with Crippen molar-refractivity contribution >= 4 is 42.0 Å².